The van der Waals surface area contributed by atoms with Gasteiger partial charge in [0, 0.05) is 18.9 Å². The fraction of sp³-hybridized carbons (Fsp3) is 0.250. The topological polar surface area (TPSA) is 57.0 Å². The number of nitrogens with zero attached hydrogens (tertiary/aromatic N) is 2. The van der Waals surface area contributed by atoms with E-state index in [1.54, 1.807) is 0 Å². The van der Waals surface area contributed by atoms with E-state index in [1.807, 2.05) is 19.2 Å². The van der Waals surface area contributed by atoms with Gasteiger partial charge in [-0.25, -0.2) is 0 Å². The molecule has 16 heavy (non-hydrogen) atoms. The lowest BCUT2D eigenvalue weighted by Crippen LogP contribution is -2.03. The Morgan fingerprint density at radius 1 is 1.38 bits per heavy atom. The van der Waals surface area contributed by atoms with E-state index in [0.717, 1.165) is 28.6 Å². The molecule has 0 fully saturated rings. The van der Waals surface area contributed by atoms with Gasteiger partial charge in [0.05, 0.1) is 5.52 Å². The van der Waals surface area contributed by atoms with Crippen LogP contribution in [0.5, 0.6) is 0 Å². The van der Waals surface area contributed by atoms with E-state index < -0.39 is 0 Å². The van der Waals surface area contributed by atoms with Crippen LogP contribution in [0.3, 0.4) is 0 Å². The summed E-state index contributed by atoms with van der Waals surface area (Å²) in [5, 5.41) is 5.27. The molecule has 0 aliphatic carbocycles. The van der Waals surface area contributed by atoms with Crippen molar-refractivity contribution in [1.29, 1.82) is 0 Å². The molecule has 0 saturated heterocycles. The monoisotopic (exact) mass is 215 g/mol. The maximum absolute atomic E-state index is 5.56. The average Bonchev–Trinajstić information content (AvgIpc) is 2.83. The summed E-state index contributed by atoms with van der Waals surface area (Å²) in [5.74, 6) is 0.871. The van der Waals surface area contributed by atoms with Crippen molar-refractivity contribution in [3.63, 3.8) is 0 Å². The minimum absolute atomic E-state index is 0.575. The first kappa shape index (κ1) is 9.42. The van der Waals surface area contributed by atoms with Crippen molar-refractivity contribution in [1.82, 2.24) is 9.72 Å². The minimum Gasteiger partial charge on any atom is -0.358 e. The van der Waals surface area contributed by atoms with Gasteiger partial charge < -0.3 is 14.8 Å². The molecule has 0 saturated carbocycles. The van der Waals surface area contributed by atoms with Gasteiger partial charge in [-0.1, -0.05) is 23.4 Å². The van der Waals surface area contributed by atoms with Gasteiger partial charge in [0.25, 0.3) is 0 Å². The van der Waals surface area contributed by atoms with Crippen molar-refractivity contribution in [2.24, 2.45) is 12.8 Å². The van der Waals surface area contributed by atoms with E-state index in [4.69, 9.17) is 10.3 Å². The number of rotatable bonds is 2. The first-order chi connectivity index (χ1) is 7.83. The zero-order valence-electron chi connectivity index (χ0n) is 9.10. The quantitative estimate of drug-likeness (QED) is 0.709. The Hall–Kier alpha value is -1.81. The molecule has 0 spiro atoms. The number of hydrogen-bond donors (Lipinski definition) is 1. The van der Waals surface area contributed by atoms with Crippen LogP contribution in [0.2, 0.25) is 0 Å². The zero-order chi connectivity index (χ0) is 11.1. The van der Waals surface area contributed by atoms with Gasteiger partial charge in [-0.05, 0) is 12.6 Å². The SMILES string of the molecule is Cn1c2ccccc2c2noc(CCN)c21. The molecule has 0 aliphatic heterocycles. The van der Waals surface area contributed by atoms with Gasteiger partial charge in [-0.3, -0.25) is 0 Å². The molecular formula is C12H13N3O. The Bertz CT molecular complexity index is 651. The normalized spacial score (nSPS) is 11.6. The van der Waals surface area contributed by atoms with Crippen molar-refractivity contribution in [2.75, 3.05) is 6.54 Å². The molecule has 2 N–H and O–H groups in total. The summed E-state index contributed by atoms with van der Waals surface area (Å²) in [6.07, 6.45) is 0.723. The molecule has 3 aromatic rings. The lowest BCUT2D eigenvalue weighted by Gasteiger charge is -1.97. The third-order valence-corrected chi connectivity index (χ3v) is 2.96. The second kappa shape index (κ2) is 3.35. The van der Waals surface area contributed by atoms with Crippen molar-refractivity contribution in [2.45, 2.75) is 6.42 Å². The van der Waals surface area contributed by atoms with Gasteiger partial charge in [-0.15, -0.1) is 0 Å². The van der Waals surface area contributed by atoms with Crippen LogP contribution in [0.1, 0.15) is 5.76 Å². The van der Waals surface area contributed by atoms with Gasteiger partial charge in [-0.2, -0.15) is 0 Å². The van der Waals surface area contributed by atoms with Gasteiger partial charge in [0.15, 0.2) is 5.76 Å². The second-order valence-corrected chi connectivity index (χ2v) is 3.92. The van der Waals surface area contributed by atoms with Crippen molar-refractivity contribution in [3.05, 3.63) is 30.0 Å². The lowest BCUT2D eigenvalue weighted by molar-refractivity contribution is 0.391. The van der Waals surface area contributed by atoms with E-state index in [9.17, 15) is 0 Å². The molecule has 0 aliphatic rings. The van der Waals surface area contributed by atoms with Crippen LogP contribution in [0.4, 0.5) is 0 Å². The highest BCUT2D eigenvalue weighted by molar-refractivity contribution is 6.06. The number of hydrogen-bond acceptors (Lipinski definition) is 3. The first-order valence-electron chi connectivity index (χ1n) is 5.34. The van der Waals surface area contributed by atoms with E-state index >= 15 is 0 Å². The highest BCUT2D eigenvalue weighted by Crippen LogP contribution is 2.29. The Kier molecular flexibility index (Phi) is 1.97. The molecule has 0 unspecified atom stereocenters. The molecule has 1 aromatic carbocycles. The van der Waals surface area contributed by atoms with E-state index in [1.165, 1.54) is 5.52 Å². The largest absolute Gasteiger partial charge is 0.358 e. The summed E-state index contributed by atoms with van der Waals surface area (Å²) >= 11 is 0. The molecule has 2 aromatic heterocycles. The third kappa shape index (κ3) is 1.10. The Labute approximate surface area is 92.6 Å². The van der Waals surface area contributed by atoms with Crippen LogP contribution in [0, 0.1) is 0 Å². The number of para-hydroxylation sites is 1. The average molecular weight is 215 g/mol. The molecule has 0 amide bonds. The van der Waals surface area contributed by atoms with Crippen LogP contribution in [-0.2, 0) is 13.5 Å². The third-order valence-electron chi connectivity index (χ3n) is 2.96. The summed E-state index contributed by atoms with van der Waals surface area (Å²) in [6.45, 7) is 0.575. The predicted octanol–water partition coefficient (Wildman–Crippen LogP) is 1.82. The first-order valence-corrected chi connectivity index (χ1v) is 5.34. The number of aromatic nitrogens is 2. The molecular weight excluding hydrogens is 202 g/mol. The van der Waals surface area contributed by atoms with E-state index in [0.29, 0.717) is 6.54 Å². The summed E-state index contributed by atoms with van der Waals surface area (Å²) < 4.78 is 7.45. The van der Waals surface area contributed by atoms with Gasteiger partial charge >= 0.3 is 0 Å². The molecule has 0 radical (unpaired) electrons. The fourth-order valence-corrected chi connectivity index (χ4v) is 2.22. The molecule has 0 atom stereocenters. The maximum atomic E-state index is 5.56. The molecule has 3 rings (SSSR count). The van der Waals surface area contributed by atoms with Gasteiger partial charge in [0.1, 0.15) is 11.0 Å². The van der Waals surface area contributed by atoms with E-state index in [-0.39, 0.29) is 0 Å². The summed E-state index contributed by atoms with van der Waals surface area (Å²) in [4.78, 5) is 0. The number of benzene rings is 1. The fourth-order valence-electron chi connectivity index (χ4n) is 2.22. The van der Waals surface area contributed by atoms with Crippen LogP contribution < -0.4 is 5.73 Å². The Morgan fingerprint density at radius 3 is 3.00 bits per heavy atom. The number of fused-ring (bicyclic) bond motifs is 3. The van der Waals surface area contributed by atoms with Crippen molar-refractivity contribution >= 4 is 21.9 Å². The highest BCUT2D eigenvalue weighted by Gasteiger charge is 2.16. The maximum Gasteiger partial charge on any atom is 0.162 e. The van der Waals surface area contributed by atoms with Gasteiger partial charge in [0.2, 0.25) is 0 Å². The standard InChI is InChI=1S/C12H13N3O/c1-15-9-5-3-2-4-8(9)11-12(15)10(6-7-13)16-14-11/h2-5H,6-7,13H2,1H3. The Balaban J connectivity index is 2.43. The lowest BCUT2D eigenvalue weighted by atomic mass is 10.2. The molecule has 82 valence electrons. The van der Waals surface area contributed by atoms with Crippen molar-refractivity contribution < 1.29 is 4.52 Å². The summed E-state index contributed by atoms with van der Waals surface area (Å²) in [6, 6.07) is 8.19. The second-order valence-electron chi connectivity index (χ2n) is 3.92. The van der Waals surface area contributed by atoms with Crippen LogP contribution in [0.25, 0.3) is 21.9 Å². The van der Waals surface area contributed by atoms with Crippen LogP contribution >= 0.6 is 0 Å². The zero-order valence-corrected chi connectivity index (χ0v) is 9.10. The smallest absolute Gasteiger partial charge is 0.162 e. The number of nitrogens with two attached hydrogens (primary N) is 1. The summed E-state index contributed by atoms with van der Waals surface area (Å²) in [7, 11) is 2.03. The molecule has 4 nitrogen and oxygen atoms in total. The highest BCUT2D eigenvalue weighted by atomic mass is 16.5. The summed E-state index contributed by atoms with van der Waals surface area (Å²) in [5.41, 5.74) is 8.73. The minimum atomic E-state index is 0.575. The molecule has 2 heterocycles. The van der Waals surface area contributed by atoms with Crippen LogP contribution in [0.15, 0.2) is 28.8 Å². The Morgan fingerprint density at radius 2 is 2.19 bits per heavy atom. The predicted molar refractivity (Wildman–Crippen MR) is 63.2 cm³/mol. The van der Waals surface area contributed by atoms with Crippen molar-refractivity contribution in [3.8, 4) is 0 Å². The van der Waals surface area contributed by atoms with E-state index in [2.05, 4.69) is 21.9 Å². The molecule has 4 heteroatoms. The number of aryl methyl sites for hydroxylation is 1. The molecule has 0 bridgehead atoms. The van der Waals surface area contributed by atoms with Crippen LogP contribution in [-0.4, -0.2) is 16.3 Å².